The summed E-state index contributed by atoms with van der Waals surface area (Å²) in [6.45, 7) is 6.13. The van der Waals surface area contributed by atoms with Crippen molar-refractivity contribution < 1.29 is 14.1 Å². The van der Waals surface area contributed by atoms with Crippen molar-refractivity contribution in [3.63, 3.8) is 0 Å². The number of aryl methyl sites for hydroxylation is 2. The van der Waals surface area contributed by atoms with Gasteiger partial charge in [0.2, 0.25) is 22.4 Å². The standard InChI is InChI=1S/C12H16ClN4O2S.C12H15ClN4OS/c1-7(18)17-4-2-8(6-17)14-11-10-9(3-5-20(10)19)15-12(13)16-11;1-7(18)17-4-2-8(6-17)14-11-10-9(3-5-19-10)15-12(13)16-11/h8,19H,2-6H2,1H3,(H,14,15,16);8H,2-6H2,1H3,(H,14,15,16)/q+1;/t8-,20?;8-/m00/s1. The molecular formula is C24H31Cl2N8O3S2+. The van der Waals surface area contributed by atoms with Crippen molar-refractivity contribution in [2.45, 2.75) is 61.4 Å². The van der Waals surface area contributed by atoms with E-state index in [1.165, 1.54) is 0 Å². The normalized spacial score (nSPS) is 23.3. The van der Waals surface area contributed by atoms with Crippen LogP contribution in [0, 0.1) is 0 Å². The Hall–Kier alpha value is -2.06. The molecule has 2 saturated heterocycles. The van der Waals surface area contributed by atoms with E-state index < -0.39 is 11.2 Å². The Morgan fingerprint density at radius 2 is 1.46 bits per heavy atom. The molecule has 2 amide bonds. The third-order valence-electron chi connectivity index (χ3n) is 7.12. The van der Waals surface area contributed by atoms with E-state index in [1.807, 2.05) is 4.90 Å². The van der Waals surface area contributed by atoms with E-state index in [0.29, 0.717) is 23.4 Å². The fraction of sp³-hybridized carbons (Fsp3) is 0.583. The zero-order chi connectivity index (χ0) is 27.7. The lowest BCUT2D eigenvalue weighted by molar-refractivity contribution is -0.128. The molecule has 0 radical (unpaired) electrons. The summed E-state index contributed by atoms with van der Waals surface area (Å²) in [6.07, 6.45) is 3.49. The number of hydrogen-bond acceptors (Lipinski definition) is 10. The number of thioether (sulfide) groups is 1. The van der Waals surface area contributed by atoms with Gasteiger partial charge in [0.05, 0.1) is 10.6 Å². The summed E-state index contributed by atoms with van der Waals surface area (Å²) < 4.78 is 10.1. The molecule has 3 atom stereocenters. The number of nitrogens with zero attached hydrogens (tertiary/aromatic N) is 6. The van der Waals surface area contributed by atoms with Crippen LogP contribution in [0.4, 0.5) is 11.6 Å². The molecule has 15 heteroatoms. The molecule has 0 spiro atoms. The van der Waals surface area contributed by atoms with Crippen LogP contribution in [-0.4, -0.2) is 95.9 Å². The van der Waals surface area contributed by atoms with Gasteiger partial charge in [-0.25, -0.2) is 9.97 Å². The Labute approximate surface area is 244 Å². The van der Waals surface area contributed by atoms with Gasteiger partial charge in [-0.05, 0) is 36.0 Å². The van der Waals surface area contributed by atoms with E-state index in [4.69, 9.17) is 23.2 Å². The lowest BCUT2D eigenvalue weighted by Gasteiger charge is -2.17. The first-order valence-corrected chi connectivity index (χ1v) is 16.0. The van der Waals surface area contributed by atoms with E-state index in [1.54, 1.807) is 30.5 Å². The van der Waals surface area contributed by atoms with Gasteiger partial charge in [0.1, 0.15) is 11.5 Å². The van der Waals surface area contributed by atoms with E-state index in [2.05, 4.69) is 30.6 Å². The highest BCUT2D eigenvalue weighted by molar-refractivity contribution is 7.99. The minimum absolute atomic E-state index is 0.0853. The maximum Gasteiger partial charge on any atom is 0.253 e. The first-order chi connectivity index (χ1) is 18.7. The van der Waals surface area contributed by atoms with Crippen LogP contribution >= 0.6 is 35.0 Å². The lowest BCUT2D eigenvalue weighted by atomic mass is 10.2. The molecule has 39 heavy (non-hydrogen) atoms. The van der Waals surface area contributed by atoms with Crippen molar-refractivity contribution in [2.75, 3.05) is 48.3 Å². The third-order valence-corrected chi connectivity index (χ3v) is 10.1. The number of aromatic nitrogens is 4. The number of halogens is 2. The van der Waals surface area contributed by atoms with Gasteiger partial charge in [0.25, 0.3) is 4.90 Å². The summed E-state index contributed by atoms with van der Waals surface area (Å²) in [4.78, 5) is 45.2. The van der Waals surface area contributed by atoms with Crippen molar-refractivity contribution >= 4 is 69.6 Å². The van der Waals surface area contributed by atoms with Gasteiger partial charge >= 0.3 is 0 Å². The number of amides is 2. The Bertz CT molecular complexity index is 1270. The first-order valence-electron chi connectivity index (χ1n) is 12.9. The number of fused-ring (bicyclic) bond motifs is 2. The maximum atomic E-state index is 11.4. The summed E-state index contributed by atoms with van der Waals surface area (Å²) in [5.41, 5.74) is 1.87. The zero-order valence-electron chi connectivity index (χ0n) is 21.7. The Morgan fingerprint density at radius 3 is 2.05 bits per heavy atom. The van der Waals surface area contributed by atoms with Crippen LogP contribution in [0.25, 0.3) is 0 Å². The van der Waals surface area contributed by atoms with Crippen molar-refractivity contribution in [1.82, 2.24) is 29.7 Å². The number of carbonyl (C=O) groups is 2. The van der Waals surface area contributed by atoms with E-state index >= 15 is 0 Å². The Morgan fingerprint density at radius 1 is 0.897 bits per heavy atom. The number of likely N-dealkylation sites (tertiary alicyclic amines) is 2. The predicted molar refractivity (Wildman–Crippen MR) is 154 cm³/mol. The minimum atomic E-state index is -0.812. The van der Waals surface area contributed by atoms with Crippen molar-refractivity contribution in [3.05, 3.63) is 22.0 Å². The second-order valence-electron chi connectivity index (χ2n) is 9.84. The SMILES string of the molecule is CC(=O)N1CC[C@H](Nc2nc(Cl)nc3c2SCC3)C1.CC(=O)N1CC[C@H](Nc2nc(Cl)nc3c2[S+](O)CC3)C1. The molecule has 0 aliphatic carbocycles. The number of anilines is 2. The highest BCUT2D eigenvalue weighted by Gasteiger charge is 2.39. The fourth-order valence-electron chi connectivity index (χ4n) is 5.13. The van der Waals surface area contributed by atoms with Gasteiger partial charge in [-0.1, -0.05) is 0 Å². The number of hydrogen-bond donors (Lipinski definition) is 3. The quantitative estimate of drug-likeness (QED) is 0.348. The maximum absolute atomic E-state index is 11.4. The number of carbonyl (C=O) groups excluding carboxylic acids is 2. The summed E-state index contributed by atoms with van der Waals surface area (Å²) in [6, 6.07) is 0.395. The molecule has 0 aromatic carbocycles. The molecule has 6 heterocycles. The molecule has 4 aliphatic rings. The molecule has 0 bridgehead atoms. The van der Waals surface area contributed by atoms with Crippen LogP contribution in [-0.2, 0) is 33.6 Å². The van der Waals surface area contributed by atoms with Gasteiger partial charge in [0.15, 0.2) is 22.7 Å². The topological polar surface area (TPSA) is 136 Å². The van der Waals surface area contributed by atoms with Gasteiger partial charge in [0, 0.05) is 70.7 Å². The van der Waals surface area contributed by atoms with E-state index in [0.717, 1.165) is 78.1 Å². The molecule has 6 rings (SSSR count). The molecular weight excluding hydrogens is 583 g/mol. The van der Waals surface area contributed by atoms with Crippen LogP contribution in [0.2, 0.25) is 10.6 Å². The first kappa shape index (κ1) is 28.5. The van der Waals surface area contributed by atoms with Gasteiger partial charge in [-0.15, -0.1) is 11.8 Å². The van der Waals surface area contributed by atoms with Crippen LogP contribution in [0.3, 0.4) is 0 Å². The zero-order valence-corrected chi connectivity index (χ0v) is 24.9. The van der Waals surface area contributed by atoms with E-state index in [-0.39, 0.29) is 29.2 Å². The fourth-order valence-corrected chi connectivity index (χ4v) is 7.89. The molecule has 4 aliphatic heterocycles. The Balaban J connectivity index is 0.000000158. The van der Waals surface area contributed by atoms with E-state index in [9.17, 15) is 14.1 Å². The third kappa shape index (κ3) is 6.64. The molecule has 2 aromatic heterocycles. The average molecular weight is 615 g/mol. The largest absolute Gasteiger partial charge is 0.364 e. The molecule has 1 unspecified atom stereocenters. The number of nitrogens with one attached hydrogen (secondary N) is 2. The second kappa shape index (κ2) is 12.2. The van der Waals surface area contributed by atoms with Gasteiger partial charge in [-0.2, -0.15) is 14.5 Å². The smallest absolute Gasteiger partial charge is 0.253 e. The second-order valence-corrected chi connectivity index (χ2v) is 13.2. The average Bonchev–Trinajstić information content (AvgIpc) is 3.67. The predicted octanol–water partition coefficient (Wildman–Crippen LogP) is 2.98. The summed E-state index contributed by atoms with van der Waals surface area (Å²) in [7, 11) is 0. The minimum Gasteiger partial charge on any atom is -0.364 e. The van der Waals surface area contributed by atoms with Crippen LogP contribution in [0.1, 0.15) is 38.1 Å². The van der Waals surface area contributed by atoms with Gasteiger partial charge in [-0.3, -0.25) is 9.59 Å². The molecule has 210 valence electrons. The van der Waals surface area contributed by atoms with Crippen molar-refractivity contribution in [1.29, 1.82) is 0 Å². The van der Waals surface area contributed by atoms with Crippen LogP contribution < -0.4 is 10.6 Å². The van der Waals surface area contributed by atoms with Crippen LogP contribution in [0.15, 0.2) is 9.79 Å². The molecule has 0 saturated carbocycles. The Kier molecular flexibility index (Phi) is 8.91. The summed E-state index contributed by atoms with van der Waals surface area (Å²) in [5, 5.41) is 7.23. The highest BCUT2D eigenvalue weighted by atomic mass is 35.5. The molecule has 2 aromatic rings. The van der Waals surface area contributed by atoms with Crippen molar-refractivity contribution in [2.24, 2.45) is 0 Å². The lowest BCUT2D eigenvalue weighted by Crippen LogP contribution is -2.30. The number of rotatable bonds is 4. The summed E-state index contributed by atoms with van der Waals surface area (Å²) in [5.74, 6) is 3.38. The van der Waals surface area contributed by atoms with Crippen LogP contribution in [0.5, 0.6) is 0 Å². The molecule has 3 N–H and O–H groups in total. The highest BCUT2D eigenvalue weighted by Crippen LogP contribution is 2.37. The molecule has 11 nitrogen and oxygen atoms in total. The monoisotopic (exact) mass is 613 g/mol. The van der Waals surface area contributed by atoms with Crippen molar-refractivity contribution in [3.8, 4) is 0 Å². The van der Waals surface area contributed by atoms with Gasteiger partial charge < -0.3 is 20.4 Å². The molecule has 2 fully saturated rings. The summed E-state index contributed by atoms with van der Waals surface area (Å²) >= 11 is 12.8.